The Morgan fingerprint density at radius 3 is 2.51 bits per heavy atom. The predicted octanol–water partition coefficient (Wildman–Crippen LogP) is 1.28. The van der Waals surface area contributed by atoms with E-state index in [-0.39, 0.29) is 24.5 Å². The number of nitrogens with one attached hydrogen (secondary N) is 1. The number of imidazole rings is 1. The molecular formula is C22H22ClF3N8O5. The van der Waals surface area contributed by atoms with E-state index in [9.17, 15) is 28.2 Å². The Morgan fingerprint density at radius 1 is 1.26 bits per heavy atom. The number of hydrogen-bond acceptors (Lipinski definition) is 9. The molecule has 0 aliphatic carbocycles. The van der Waals surface area contributed by atoms with Crippen molar-refractivity contribution in [2.24, 2.45) is 0 Å². The van der Waals surface area contributed by atoms with Crippen LogP contribution in [0, 0.1) is 0 Å². The Balaban J connectivity index is 0.000000448. The van der Waals surface area contributed by atoms with Gasteiger partial charge in [-0.3, -0.25) is 9.20 Å². The number of β-amino-alcohol motifs (C(OH)–C–C–N with tert-alkyl or cyclic N) is 2. The first-order valence-corrected chi connectivity index (χ1v) is 11.6. The minimum Gasteiger partial charge on any atom is -0.475 e. The summed E-state index contributed by atoms with van der Waals surface area (Å²) in [5.74, 6) is -2.44. The van der Waals surface area contributed by atoms with Crippen molar-refractivity contribution in [2.45, 2.75) is 31.3 Å². The van der Waals surface area contributed by atoms with Gasteiger partial charge < -0.3 is 31.3 Å². The van der Waals surface area contributed by atoms with Crippen molar-refractivity contribution >= 4 is 46.3 Å². The molecule has 0 radical (unpaired) electrons. The summed E-state index contributed by atoms with van der Waals surface area (Å²) < 4.78 is 35.0. The lowest BCUT2D eigenvalue weighted by Crippen LogP contribution is -2.31. The summed E-state index contributed by atoms with van der Waals surface area (Å²) in [6.07, 6.45) is -0.385. The highest BCUT2D eigenvalue weighted by Crippen LogP contribution is 2.34. The van der Waals surface area contributed by atoms with E-state index in [1.807, 2.05) is 11.8 Å². The molecule has 1 aliphatic rings. The molecule has 1 fully saturated rings. The third-order valence-electron chi connectivity index (χ3n) is 5.92. The number of carboxylic acid groups (broad SMARTS) is 1. The molecule has 3 atom stereocenters. The SMILES string of the molecule is CC(NC(=O)c1c(N)nn2cccnc12)c1cc(Cl)c2cncn2c1N1C[C@H](O)[C@@H](O)C1.O=C(O)C(F)(F)F. The maximum absolute atomic E-state index is 13.1. The van der Waals surface area contributed by atoms with Crippen molar-refractivity contribution in [3.63, 3.8) is 0 Å². The zero-order chi connectivity index (χ0) is 28.6. The van der Waals surface area contributed by atoms with Crippen LogP contribution in [0.2, 0.25) is 5.02 Å². The number of halogens is 4. The molecule has 4 aromatic rings. The van der Waals surface area contributed by atoms with Gasteiger partial charge in [0.2, 0.25) is 0 Å². The van der Waals surface area contributed by atoms with Crippen molar-refractivity contribution in [2.75, 3.05) is 23.7 Å². The summed E-state index contributed by atoms with van der Waals surface area (Å²) in [5, 5.41) is 34.9. The van der Waals surface area contributed by atoms with Crippen LogP contribution >= 0.6 is 11.6 Å². The van der Waals surface area contributed by atoms with Crippen LogP contribution in [0.1, 0.15) is 28.9 Å². The molecule has 13 nitrogen and oxygen atoms in total. The Kier molecular flexibility index (Phi) is 7.54. The molecule has 17 heteroatoms. The number of nitrogens with zero attached hydrogens (tertiary/aromatic N) is 6. The van der Waals surface area contributed by atoms with E-state index < -0.39 is 36.3 Å². The molecule has 0 bridgehead atoms. The standard InChI is InChI=1S/C20H21ClN8O3.C2HF3O2/c1-10(25-19(32)16-17(22)26-29-4-2-3-24-18(16)29)11-5-12(21)13-6-23-9-28(13)20(11)27-7-14(30)15(31)8-27;3-2(4,5)1(6)7/h2-6,9-10,14-15,30-31H,7-8H2,1H3,(H2,22,26)(H,25,32);(H,6,7)/t10?,14-,15-;/m0./s1. The third kappa shape index (κ3) is 5.52. The number of aromatic nitrogens is 5. The number of alkyl halides is 3. The van der Waals surface area contributed by atoms with Crippen molar-refractivity contribution in [3.05, 3.63) is 53.2 Å². The second-order valence-corrected chi connectivity index (χ2v) is 9.01. The lowest BCUT2D eigenvalue weighted by molar-refractivity contribution is -0.192. The molecule has 0 saturated carbocycles. The highest BCUT2D eigenvalue weighted by atomic mass is 35.5. The summed E-state index contributed by atoms with van der Waals surface area (Å²) in [7, 11) is 0. The first kappa shape index (κ1) is 27.9. The van der Waals surface area contributed by atoms with E-state index in [1.54, 1.807) is 41.5 Å². The van der Waals surface area contributed by atoms with Gasteiger partial charge in [-0.15, -0.1) is 5.10 Å². The largest absolute Gasteiger partial charge is 0.490 e. The minimum atomic E-state index is -5.08. The molecule has 4 aromatic heterocycles. The van der Waals surface area contributed by atoms with Gasteiger partial charge in [-0.2, -0.15) is 13.2 Å². The number of carboxylic acids is 1. The van der Waals surface area contributed by atoms with Gasteiger partial charge in [-0.1, -0.05) is 11.6 Å². The fourth-order valence-corrected chi connectivity index (χ4v) is 4.38. The molecule has 5 rings (SSSR count). The van der Waals surface area contributed by atoms with Crippen LogP contribution in [0.25, 0.3) is 11.2 Å². The smallest absolute Gasteiger partial charge is 0.475 e. The Labute approximate surface area is 222 Å². The first-order chi connectivity index (χ1) is 18.3. The molecule has 1 amide bonds. The van der Waals surface area contributed by atoms with E-state index in [4.69, 9.17) is 27.2 Å². The van der Waals surface area contributed by atoms with Gasteiger partial charge in [0.15, 0.2) is 11.5 Å². The quantitative estimate of drug-likeness (QED) is 0.239. The molecule has 5 heterocycles. The number of aliphatic hydroxyl groups is 2. The average Bonchev–Trinajstić information content (AvgIpc) is 3.55. The number of aliphatic carboxylic acids is 1. The number of pyridine rings is 1. The Morgan fingerprint density at radius 2 is 1.90 bits per heavy atom. The number of nitrogens with two attached hydrogens (primary N) is 1. The van der Waals surface area contributed by atoms with Gasteiger partial charge in [0.1, 0.15) is 17.7 Å². The number of amides is 1. The predicted molar refractivity (Wildman–Crippen MR) is 131 cm³/mol. The molecule has 0 aromatic carbocycles. The molecule has 1 aliphatic heterocycles. The number of rotatable bonds is 4. The van der Waals surface area contributed by atoms with E-state index in [0.29, 0.717) is 27.6 Å². The van der Waals surface area contributed by atoms with Crippen molar-refractivity contribution in [1.82, 2.24) is 29.3 Å². The Hall–Kier alpha value is -4.15. The molecule has 1 unspecified atom stereocenters. The number of hydrogen-bond donors (Lipinski definition) is 5. The van der Waals surface area contributed by atoms with E-state index in [1.165, 1.54) is 4.52 Å². The third-order valence-corrected chi connectivity index (χ3v) is 6.22. The molecule has 6 N–H and O–H groups in total. The highest BCUT2D eigenvalue weighted by molar-refractivity contribution is 6.34. The topological polar surface area (TPSA) is 184 Å². The number of nitrogen functional groups attached to an aromatic ring is 1. The minimum absolute atomic E-state index is 0.0718. The molecule has 0 spiro atoms. The summed E-state index contributed by atoms with van der Waals surface area (Å²) in [5.41, 5.74) is 7.88. The summed E-state index contributed by atoms with van der Waals surface area (Å²) >= 11 is 6.49. The average molecular weight is 571 g/mol. The van der Waals surface area contributed by atoms with Gasteiger partial charge in [0.25, 0.3) is 5.91 Å². The van der Waals surface area contributed by atoms with Crippen molar-refractivity contribution in [1.29, 1.82) is 0 Å². The van der Waals surface area contributed by atoms with Gasteiger partial charge in [0.05, 0.1) is 35.0 Å². The zero-order valence-electron chi connectivity index (χ0n) is 20.0. The van der Waals surface area contributed by atoms with Gasteiger partial charge >= 0.3 is 12.1 Å². The van der Waals surface area contributed by atoms with E-state index in [2.05, 4.69) is 20.4 Å². The molecular weight excluding hydrogens is 549 g/mol. The number of carbonyl (C=O) groups is 2. The second-order valence-electron chi connectivity index (χ2n) is 8.61. The van der Waals surface area contributed by atoms with Gasteiger partial charge in [0, 0.05) is 31.0 Å². The van der Waals surface area contributed by atoms with E-state index in [0.717, 1.165) is 0 Å². The highest BCUT2D eigenvalue weighted by Gasteiger charge is 2.38. The zero-order valence-corrected chi connectivity index (χ0v) is 20.8. The first-order valence-electron chi connectivity index (χ1n) is 11.2. The van der Waals surface area contributed by atoms with Crippen LogP contribution < -0.4 is 16.0 Å². The van der Waals surface area contributed by atoms with Crippen molar-refractivity contribution < 1.29 is 38.1 Å². The lowest BCUT2D eigenvalue weighted by atomic mass is 10.1. The monoisotopic (exact) mass is 570 g/mol. The fourth-order valence-electron chi connectivity index (χ4n) is 4.12. The summed E-state index contributed by atoms with van der Waals surface area (Å²) in [6, 6.07) is 2.94. The maximum atomic E-state index is 13.1. The fraction of sp³-hybridized carbons (Fsp3) is 0.318. The summed E-state index contributed by atoms with van der Waals surface area (Å²) in [6.45, 7) is 2.28. The van der Waals surface area contributed by atoms with Crippen LogP contribution in [0.4, 0.5) is 24.8 Å². The maximum Gasteiger partial charge on any atom is 0.490 e. The summed E-state index contributed by atoms with van der Waals surface area (Å²) in [4.78, 5) is 32.3. The second kappa shape index (κ2) is 10.5. The number of carbonyl (C=O) groups excluding carboxylic acids is 1. The van der Waals surface area contributed by atoms with Gasteiger partial charge in [-0.25, -0.2) is 19.3 Å². The Bertz CT molecular complexity index is 1530. The number of fused-ring (bicyclic) bond motifs is 2. The molecule has 208 valence electrons. The van der Waals surface area contributed by atoms with Crippen LogP contribution in [-0.2, 0) is 4.79 Å². The number of aliphatic hydroxyl groups excluding tert-OH is 2. The normalized spacial score (nSPS) is 18.2. The van der Waals surface area contributed by atoms with Crippen LogP contribution in [0.15, 0.2) is 37.1 Å². The van der Waals surface area contributed by atoms with Crippen LogP contribution in [-0.4, -0.2) is 82.7 Å². The molecule has 1 saturated heterocycles. The number of anilines is 2. The van der Waals surface area contributed by atoms with E-state index >= 15 is 0 Å². The van der Waals surface area contributed by atoms with Crippen LogP contribution in [0.3, 0.4) is 0 Å². The lowest BCUT2D eigenvalue weighted by Gasteiger charge is -2.26. The van der Waals surface area contributed by atoms with Crippen molar-refractivity contribution in [3.8, 4) is 0 Å². The molecule has 39 heavy (non-hydrogen) atoms. The van der Waals surface area contributed by atoms with Gasteiger partial charge in [-0.05, 0) is 19.1 Å². The van der Waals surface area contributed by atoms with Crippen LogP contribution in [0.5, 0.6) is 0 Å².